The zero-order valence-corrected chi connectivity index (χ0v) is 10.9. The van der Waals surface area contributed by atoms with Crippen molar-refractivity contribution >= 4 is 23.3 Å². The molecule has 6 nitrogen and oxygen atoms in total. The molecule has 0 spiro atoms. The Bertz CT molecular complexity index is 415. The predicted molar refractivity (Wildman–Crippen MR) is 68.5 cm³/mol. The maximum atomic E-state index is 12.2. The van der Waals surface area contributed by atoms with E-state index in [2.05, 4.69) is 4.98 Å². The van der Waals surface area contributed by atoms with Gasteiger partial charge in [0.05, 0.1) is 18.2 Å². The highest BCUT2D eigenvalue weighted by molar-refractivity contribution is 6.33. The first-order chi connectivity index (χ1) is 8.60. The molecule has 0 radical (unpaired) electrons. The largest absolute Gasteiger partial charge is 0.395 e. The third-order valence-electron chi connectivity index (χ3n) is 2.29. The lowest BCUT2D eigenvalue weighted by atomic mass is 10.3. The molecule has 1 aromatic rings. The van der Waals surface area contributed by atoms with E-state index in [0.717, 1.165) is 0 Å². The zero-order valence-electron chi connectivity index (χ0n) is 10.1. The number of hydrogen-bond donors (Lipinski definition) is 2. The van der Waals surface area contributed by atoms with E-state index in [1.807, 2.05) is 0 Å². The summed E-state index contributed by atoms with van der Waals surface area (Å²) in [6.45, 7) is 0.763. The molecular weight excluding hydrogens is 258 g/mol. The van der Waals surface area contributed by atoms with E-state index < -0.39 is 0 Å². The Morgan fingerprint density at radius 1 is 1.56 bits per heavy atom. The van der Waals surface area contributed by atoms with E-state index in [9.17, 15) is 4.79 Å². The van der Waals surface area contributed by atoms with Crippen LogP contribution in [0, 0.1) is 0 Å². The fourth-order valence-electron chi connectivity index (χ4n) is 1.39. The lowest BCUT2D eigenvalue weighted by molar-refractivity contribution is 0.0651. The van der Waals surface area contributed by atoms with Crippen LogP contribution in [0.25, 0.3) is 0 Å². The van der Waals surface area contributed by atoms with Crippen molar-refractivity contribution in [2.75, 3.05) is 39.1 Å². The topological polar surface area (TPSA) is 88.7 Å². The number of aromatic nitrogens is 1. The molecule has 1 heterocycles. The van der Waals surface area contributed by atoms with Crippen LogP contribution in [0.2, 0.25) is 5.02 Å². The normalized spacial score (nSPS) is 10.4. The monoisotopic (exact) mass is 273 g/mol. The van der Waals surface area contributed by atoms with Crippen molar-refractivity contribution in [3.05, 3.63) is 22.8 Å². The summed E-state index contributed by atoms with van der Waals surface area (Å²) in [5.74, 6) is -0.156. The number of carbonyl (C=O) groups excluding carboxylic acids is 1. The van der Waals surface area contributed by atoms with Crippen LogP contribution in [0.15, 0.2) is 12.1 Å². The van der Waals surface area contributed by atoms with Gasteiger partial charge in [-0.1, -0.05) is 11.6 Å². The molecule has 0 atom stereocenters. The number of hydrogen-bond acceptors (Lipinski definition) is 5. The molecule has 18 heavy (non-hydrogen) atoms. The fraction of sp³-hybridized carbons (Fsp3) is 0.455. The summed E-state index contributed by atoms with van der Waals surface area (Å²) in [5, 5.41) is 9.17. The van der Waals surface area contributed by atoms with Gasteiger partial charge in [0.25, 0.3) is 5.91 Å². The number of aliphatic hydroxyl groups is 1. The molecule has 0 aliphatic heterocycles. The molecule has 0 aromatic carbocycles. The fourth-order valence-corrected chi connectivity index (χ4v) is 1.58. The van der Waals surface area contributed by atoms with E-state index in [0.29, 0.717) is 13.2 Å². The Labute approximate surface area is 110 Å². The summed E-state index contributed by atoms with van der Waals surface area (Å²) >= 11 is 5.91. The number of ether oxygens (including phenoxy) is 1. The maximum Gasteiger partial charge on any atom is 0.274 e. The summed E-state index contributed by atoms with van der Waals surface area (Å²) in [6, 6.07) is 3.04. The van der Waals surface area contributed by atoms with Gasteiger partial charge in [0.2, 0.25) is 0 Å². The summed E-state index contributed by atoms with van der Waals surface area (Å²) in [7, 11) is 1.54. The first kappa shape index (κ1) is 14.7. The minimum Gasteiger partial charge on any atom is -0.395 e. The van der Waals surface area contributed by atoms with Crippen molar-refractivity contribution in [1.29, 1.82) is 0 Å². The van der Waals surface area contributed by atoms with Gasteiger partial charge in [-0.05, 0) is 12.1 Å². The second kappa shape index (κ2) is 7.15. The van der Waals surface area contributed by atoms with Crippen molar-refractivity contribution in [1.82, 2.24) is 9.88 Å². The van der Waals surface area contributed by atoms with Gasteiger partial charge in [0.15, 0.2) is 0 Å². The number of aliphatic hydroxyl groups excluding tert-OH is 1. The molecule has 0 unspecified atom stereocenters. The lowest BCUT2D eigenvalue weighted by Crippen LogP contribution is -2.36. The van der Waals surface area contributed by atoms with Crippen LogP contribution in [0.4, 0.5) is 5.82 Å². The Hall–Kier alpha value is -1.37. The van der Waals surface area contributed by atoms with Crippen LogP contribution in [0.3, 0.4) is 0 Å². The summed E-state index contributed by atoms with van der Waals surface area (Å²) in [4.78, 5) is 17.5. The van der Waals surface area contributed by atoms with Crippen LogP contribution in [-0.2, 0) is 4.74 Å². The van der Waals surface area contributed by atoms with Crippen LogP contribution in [-0.4, -0.2) is 54.3 Å². The Balaban J connectivity index is 2.90. The average Bonchev–Trinajstić information content (AvgIpc) is 2.36. The van der Waals surface area contributed by atoms with Gasteiger partial charge in [-0.15, -0.1) is 0 Å². The highest BCUT2D eigenvalue weighted by Crippen LogP contribution is 2.17. The Kier molecular flexibility index (Phi) is 5.84. The van der Waals surface area contributed by atoms with Gasteiger partial charge >= 0.3 is 0 Å². The number of amides is 1. The number of carbonyl (C=O) groups is 1. The van der Waals surface area contributed by atoms with E-state index in [1.165, 1.54) is 24.1 Å². The predicted octanol–water partition coefficient (Wildman–Crippen LogP) is 0.398. The SMILES string of the molecule is COCCN(CCO)C(=O)c1nc(N)ccc1Cl. The number of nitrogens with two attached hydrogens (primary N) is 1. The average molecular weight is 274 g/mol. The van der Waals surface area contributed by atoms with Gasteiger partial charge in [-0.3, -0.25) is 4.79 Å². The van der Waals surface area contributed by atoms with Gasteiger partial charge in [-0.25, -0.2) is 4.98 Å². The van der Waals surface area contributed by atoms with Crippen molar-refractivity contribution < 1.29 is 14.6 Å². The van der Waals surface area contributed by atoms with Crippen molar-refractivity contribution in [3.63, 3.8) is 0 Å². The molecule has 0 saturated heterocycles. The number of halogens is 1. The minimum atomic E-state index is -0.376. The summed E-state index contributed by atoms with van der Waals surface area (Å²) in [5.41, 5.74) is 5.61. The number of rotatable bonds is 6. The lowest BCUT2D eigenvalue weighted by Gasteiger charge is -2.21. The van der Waals surface area contributed by atoms with E-state index in [4.69, 9.17) is 27.2 Å². The molecular formula is C11H16ClN3O3. The highest BCUT2D eigenvalue weighted by Gasteiger charge is 2.19. The molecule has 0 saturated carbocycles. The van der Waals surface area contributed by atoms with Gasteiger partial charge in [-0.2, -0.15) is 0 Å². The zero-order chi connectivity index (χ0) is 13.5. The molecule has 3 N–H and O–H groups in total. The maximum absolute atomic E-state index is 12.2. The number of methoxy groups -OCH3 is 1. The van der Waals surface area contributed by atoms with Crippen molar-refractivity contribution in [2.45, 2.75) is 0 Å². The van der Waals surface area contributed by atoms with Crippen LogP contribution >= 0.6 is 11.6 Å². The quantitative estimate of drug-likeness (QED) is 0.783. The molecule has 0 bridgehead atoms. The molecule has 0 aliphatic rings. The standard InChI is InChI=1S/C11H16ClN3O3/c1-18-7-5-15(4-6-16)11(17)10-8(12)2-3-9(13)14-10/h2-3,16H,4-7H2,1H3,(H2,13,14). The number of nitrogen functional groups attached to an aromatic ring is 1. The van der Waals surface area contributed by atoms with E-state index >= 15 is 0 Å². The molecule has 0 aliphatic carbocycles. The molecule has 1 aromatic heterocycles. The number of nitrogens with zero attached hydrogens (tertiary/aromatic N) is 2. The van der Waals surface area contributed by atoms with Crippen molar-refractivity contribution in [2.24, 2.45) is 0 Å². The summed E-state index contributed by atoms with van der Waals surface area (Å²) in [6.07, 6.45) is 0. The first-order valence-corrected chi connectivity index (χ1v) is 5.79. The first-order valence-electron chi connectivity index (χ1n) is 5.41. The molecule has 0 fully saturated rings. The molecule has 7 heteroatoms. The van der Waals surface area contributed by atoms with Crippen LogP contribution in [0.5, 0.6) is 0 Å². The van der Waals surface area contributed by atoms with Gasteiger partial charge in [0.1, 0.15) is 11.5 Å². The van der Waals surface area contributed by atoms with Crippen LogP contribution in [0.1, 0.15) is 10.5 Å². The smallest absolute Gasteiger partial charge is 0.274 e. The Morgan fingerprint density at radius 2 is 2.28 bits per heavy atom. The Morgan fingerprint density at radius 3 is 2.89 bits per heavy atom. The van der Waals surface area contributed by atoms with Gasteiger partial charge < -0.3 is 20.5 Å². The molecule has 1 rings (SSSR count). The third-order valence-corrected chi connectivity index (χ3v) is 2.60. The van der Waals surface area contributed by atoms with Gasteiger partial charge in [0, 0.05) is 20.2 Å². The molecule has 100 valence electrons. The summed E-state index contributed by atoms with van der Waals surface area (Å²) < 4.78 is 4.91. The van der Waals surface area contributed by atoms with E-state index in [-0.39, 0.29) is 35.6 Å². The number of anilines is 1. The highest BCUT2D eigenvalue weighted by atomic mass is 35.5. The van der Waals surface area contributed by atoms with Crippen LogP contribution < -0.4 is 5.73 Å². The number of pyridine rings is 1. The van der Waals surface area contributed by atoms with E-state index in [1.54, 1.807) is 0 Å². The second-order valence-corrected chi connectivity index (χ2v) is 3.98. The second-order valence-electron chi connectivity index (χ2n) is 3.58. The third kappa shape index (κ3) is 3.83. The van der Waals surface area contributed by atoms with Crippen molar-refractivity contribution in [3.8, 4) is 0 Å². The minimum absolute atomic E-state index is 0.0845. The molecule has 1 amide bonds.